The Morgan fingerprint density at radius 2 is 1.94 bits per heavy atom. The van der Waals surface area contributed by atoms with Gasteiger partial charge >= 0.3 is 0 Å². The molecule has 0 radical (unpaired) electrons. The maximum absolute atomic E-state index is 11.7. The molecule has 3 heteroatoms. The molecule has 1 aromatic carbocycles. The van der Waals surface area contributed by atoms with Crippen LogP contribution in [-0.4, -0.2) is 12.1 Å². The van der Waals surface area contributed by atoms with Gasteiger partial charge in [-0.2, -0.15) is 0 Å². The molecule has 0 aliphatic heterocycles. The number of aromatic amines is 1. The first-order valence-corrected chi connectivity index (χ1v) is 6.17. The van der Waals surface area contributed by atoms with Crippen LogP contribution >= 0.6 is 0 Å². The van der Waals surface area contributed by atoms with E-state index in [-0.39, 0.29) is 5.56 Å². The van der Waals surface area contributed by atoms with Crippen molar-refractivity contribution in [3.63, 3.8) is 0 Å². The summed E-state index contributed by atoms with van der Waals surface area (Å²) in [6.07, 6.45) is 3.20. The molecule has 1 heterocycles. The molecule has 1 aliphatic rings. The first-order chi connectivity index (χ1) is 8.78. The van der Waals surface area contributed by atoms with E-state index < -0.39 is 0 Å². The second-order valence-corrected chi connectivity index (χ2v) is 4.59. The summed E-state index contributed by atoms with van der Waals surface area (Å²) < 4.78 is 5.15. The maximum atomic E-state index is 11.7. The van der Waals surface area contributed by atoms with Gasteiger partial charge in [-0.25, -0.2) is 0 Å². The summed E-state index contributed by atoms with van der Waals surface area (Å²) in [7, 11) is 1.65. The lowest BCUT2D eigenvalue weighted by molar-refractivity contribution is 0.415. The summed E-state index contributed by atoms with van der Waals surface area (Å²) in [6, 6.07) is 9.55. The van der Waals surface area contributed by atoms with Crippen molar-refractivity contribution >= 4 is 0 Å². The second kappa shape index (κ2) is 4.33. The zero-order valence-electron chi connectivity index (χ0n) is 10.3. The zero-order valence-corrected chi connectivity index (χ0v) is 10.3. The molecule has 0 amide bonds. The van der Waals surface area contributed by atoms with Crippen LogP contribution in [0.3, 0.4) is 0 Å². The number of pyridine rings is 1. The Labute approximate surface area is 105 Å². The number of hydrogen-bond donors (Lipinski definition) is 1. The molecule has 0 atom stereocenters. The molecule has 3 rings (SSSR count). The molecular weight excluding hydrogens is 226 g/mol. The number of H-pyrrole nitrogens is 1. The second-order valence-electron chi connectivity index (χ2n) is 4.59. The van der Waals surface area contributed by atoms with E-state index in [0.717, 1.165) is 36.3 Å². The number of aryl methyl sites for hydroxylation is 1. The Morgan fingerprint density at radius 3 is 2.67 bits per heavy atom. The molecule has 3 nitrogen and oxygen atoms in total. The van der Waals surface area contributed by atoms with Crippen LogP contribution in [-0.2, 0) is 12.8 Å². The van der Waals surface area contributed by atoms with Gasteiger partial charge in [-0.1, -0.05) is 0 Å². The number of aromatic nitrogens is 1. The van der Waals surface area contributed by atoms with Crippen molar-refractivity contribution in [2.24, 2.45) is 0 Å². The molecule has 1 N–H and O–H groups in total. The quantitative estimate of drug-likeness (QED) is 0.878. The van der Waals surface area contributed by atoms with Crippen LogP contribution in [0.2, 0.25) is 0 Å². The van der Waals surface area contributed by atoms with Gasteiger partial charge in [-0.05, 0) is 60.2 Å². The van der Waals surface area contributed by atoms with Crippen molar-refractivity contribution in [2.75, 3.05) is 7.11 Å². The van der Waals surface area contributed by atoms with Crippen LogP contribution in [0, 0.1) is 0 Å². The summed E-state index contributed by atoms with van der Waals surface area (Å²) in [5, 5.41) is 0. The fourth-order valence-electron chi connectivity index (χ4n) is 2.61. The molecule has 0 fully saturated rings. The number of methoxy groups -OCH3 is 1. The van der Waals surface area contributed by atoms with E-state index in [4.69, 9.17) is 4.74 Å². The van der Waals surface area contributed by atoms with Gasteiger partial charge in [-0.15, -0.1) is 0 Å². The molecular formula is C15H15NO2. The van der Waals surface area contributed by atoms with Crippen LogP contribution in [0.1, 0.15) is 17.5 Å². The third-order valence-corrected chi connectivity index (χ3v) is 3.49. The first kappa shape index (κ1) is 11.1. The van der Waals surface area contributed by atoms with E-state index in [1.165, 1.54) is 11.1 Å². The third kappa shape index (κ3) is 1.82. The third-order valence-electron chi connectivity index (χ3n) is 3.49. The number of hydrogen-bond acceptors (Lipinski definition) is 2. The highest BCUT2D eigenvalue weighted by molar-refractivity contribution is 5.66. The van der Waals surface area contributed by atoms with E-state index in [1.54, 1.807) is 13.2 Å². The summed E-state index contributed by atoms with van der Waals surface area (Å²) in [5.41, 5.74) is 4.50. The van der Waals surface area contributed by atoms with Gasteiger partial charge in [0.05, 0.1) is 12.8 Å². The molecule has 92 valence electrons. The van der Waals surface area contributed by atoms with E-state index >= 15 is 0 Å². The molecule has 0 bridgehead atoms. The van der Waals surface area contributed by atoms with Gasteiger partial charge < -0.3 is 9.72 Å². The van der Waals surface area contributed by atoms with Gasteiger partial charge in [0, 0.05) is 6.07 Å². The van der Waals surface area contributed by atoms with Gasteiger partial charge in [0.25, 0.3) is 0 Å². The van der Waals surface area contributed by atoms with Crippen molar-refractivity contribution in [2.45, 2.75) is 19.3 Å². The topological polar surface area (TPSA) is 42.1 Å². The maximum Gasteiger partial charge on any atom is 0.248 e. The highest BCUT2D eigenvalue weighted by Gasteiger charge is 2.17. The lowest BCUT2D eigenvalue weighted by atomic mass is 10.0. The van der Waals surface area contributed by atoms with Crippen LogP contribution in [0.4, 0.5) is 0 Å². The number of benzene rings is 1. The minimum absolute atomic E-state index is 0.0125. The number of rotatable bonds is 2. The van der Waals surface area contributed by atoms with Gasteiger partial charge in [-0.3, -0.25) is 4.79 Å². The van der Waals surface area contributed by atoms with Crippen molar-refractivity contribution in [3.05, 3.63) is 51.8 Å². The predicted octanol–water partition coefficient (Wildman–Crippen LogP) is 2.54. The lowest BCUT2D eigenvalue weighted by Crippen LogP contribution is -2.08. The summed E-state index contributed by atoms with van der Waals surface area (Å²) >= 11 is 0. The molecule has 0 saturated carbocycles. The van der Waals surface area contributed by atoms with Crippen molar-refractivity contribution in [1.82, 2.24) is 4.98 Å². The van der Waals surface area contributed by atoms with E-state index in [9.17, 15) is 4.79 Å². The van der Waals surface area contributed by atoms with Crippen molar-refractivity contribution in [1.29, 1.82) is 0 Å². The Morgan fingerprint density at radius 1 is 1.17 bits per heavy atom. The van der Waals surface area contributed by atoms with Crippen LogP contribution in [0.5, 0.6) is 5.75 Å². The Balaban J connectivity index is 2.13. The Kier molecular flexibility index (Phi) is 2.67. The predicted molar refractivity (Wildman–Crippen MR) is 71.1 cm³/mol. The van der Waals surface area contributed by atoms with Crippen molar-refractivity contribution < 1.29 is 4.74 Å². The highest BCUT2D eigenvalue weighted by atomic mass is 16.5. The lowest BCUT2D eigenvalue weighted by Gasteiger charge is -2.09. The van der Waals surface area contributed by atoms with Crippen LogP contribution in [0.25, 0.3) is 11.3 Å². The smallest absolute Gasteiger partial charge is 0.248 e. The summed E-state index contributed by atoms with van der Waals surface area (Å²) in [5.74, 6) is 0.827. The number of nitrogens with one attached hydrogen (secondary N) is 1. The fraction of sp³-hybridized carbons (Fsp3) is 0.267. The first-order valence-electron chi connectivity index (χ1n) is 6.17. The Hall–Kier alpha value is -2.03. The van der Waals surface area contributed by atoms with Gasteiger partial charge in [0.1, 0.15) is 5.75 Å². The van der Waals surface area contributed by atoms with E-state index in [1.807, 2.05) is 24.3 Å². The monoisotopic (exact) mass is 241 g/mol. The molecule has 0 spiro atoms. The van der Waals surface area contributed by atoms with Crippen LogP contribution < -0.4 is 10.3 Å². The molecule has 1 aromatic heterocycles. The fourth-order valence-corrected chi connectivity index (χ4v) is 2.61. The van der Waals surface area contributed by atoms with Crippen molar-refractivity contribution in [3.8, 4) is 17.0 Å². The normalized spacial score (nSPS) is 13.4. The minimum Gasteiger partial charge on any atom is -0.497 e. The average molecular weight is 241 g/mol. The van der Waals surface area contributed by atoms with Gasteiger partial charge in [0.15, 0.2) is 0 Å². The van der Waals surface area contributed by atoms with Gasteiger partial charge in [0.2, 0.25) is 5.56 Å². The SMILES string of the molecule is COc1ccc(-c2[nH]c(=O)cc3c2CCC3)cc1. The molecule has 0 unspecified atom stereocenters. The van der Waals surface area contributed by atoms with Crippen LogP contribution in [0.15, 0.2) is 35.1 Å². The van der Waals surface area contributed by atoms with E-state index in [2.05, 4.69) is 4.98 Å². The number of ether oxygens (including phenoxy) is 1. The molecule has 18 heavy (non-hydrogen) atoms. The Bertz CT molecular complexity index is 626. The average Bonchev–Trinajstić information content (AvgIpc) is 2.86. The molecule has 0 saturated heterocycles. The molecule has 1 aliphatic carbocycles. The largest absolute Gasteiger partial charge is 0.497 e. The molecule has 2 aromatic rings. The minimum atomic E-state index is -0.0125. The summed E-state index contributed by atoms with van der Waals surface area (Å²) in [4.78, 5) is 14.6. The van der Waals surface area contributed by atoms with E-state index in [0.29, 0.717) is 0 Å². The highest BCUT2D eigenvalue weighted by Crippen LogP contribution is 2.30. The summed E-state index contributed by atoms with van der Waals surface area (Å²) in [6.45, 7) is 0. The zero-order chi connectivity index (χ0) is 12.5. The standard InChI is InChI=1S/C15H15NO2/c1-18-12-7-5-10(6-8-12)15-13-4-2-3-11(13)9-14(17)16-15/h5-9H,2-4H2,1H3,(H,16,17). The number of fused-ring (bicyclic) bond motifs is 1.